The van der Waals surface area contributed by atoms with Crippen LogP contribution in [0.1, 0.15) is 21.7 Å². The highest BCUT2D eigenvalue weighted by atomic mass is 32.2. The van der Waals surface area contributed by atoms with Crippen molar-refractivity contribution in [3.8, 4) is 16.9 Å². The average molecular weight is 358 g/mol. The SMILES string of the molecule is CS(=O)(=O)c1ccc(-n2nc(C(=O)O)c3c2-c2cn[nH]c2CC3)cc1. The van der Waals surface area contributed by atoms with Gasteiger partial charge >= 0.3 is 5.97 Å². The molecule has 0 aliphatic heterocycles. The van der Waals surface area contributed by atoms with Crippen molar-refractivity contribution in [2.24, 2.45) is 0 Å². The summed E-state index contributed by atoms with van der Waals surface area (Å²) in [5, 5.41) is 20.7. The molecule has 0 radical (unpaired) electrons. The Balaban J connectivity index is 1.93. The molecule has 0 saturated carbocycles. The Morgan fingerprint density at radius 1 is 1.24 bits per heavy atom. The minimum absolute atomic E-state index is 0.00837. The molecule has 0 fully saturated rings. The van der Waals surface area contributed by atoms with Crippen molar-refractivity contribution in [1.29, 1.82) is 0 Å². The van der Waals surface area contributed by atoms with Crippen LogP contribution in [0.15, 0.2) is 35.4 Å². The number of carbonyl (C=O) groups is 1. The molecule has 0 spiro atoms. The van der Waals surface area contributed by atoms with Crippen molar-refractivity contribution in [3.63, 3.8) is 0 Å². The number of hydrogen-bond donors (Lipinski definition) is 2. The third kappa shape index (κ3) is 2.43. The Kier molecular flexibility index (Phi) is 3.29. The number of carboxylic acids is 1. The van der Waals surface area contributed by atoms with E-state index >= 15 is 0 Å². The van der Waals surface area contributed by atoms with Gasteiger partial charge in [0.05, 0.1) is 22.5 Å². The van der Waals surface area contributed by atoms with E-state index < -0.39 is 15.8 Å². The predicted octanol–water partition coefficient (Wildman–Crippen LogP) is 1.46. The van der Waals surface area contributed by atoms with E-state index in [0.717, 1.165) is 17.5 Å². The van der Waals surface area contributed by atoms with Gasteiger partial charge in [-0.15, -0.1) is 0 Å². The summed E-state index contributed by atoms with van der Waals surface area (Å²) >= 11 is 0. The summed E-state index contributed by atoms with van der Waals surface area (Å²) in [5.41, 5.74) is 3.68. The lowest BCUT2D eigenvalue weighted by atomic mass is 9.94. The van der Waals surface area contributed by atoms with Crippen LogP contribution in [0.2, 0.25) is 0 Å². The Bertz CT molecular complexity index is 1090. The lowest BCUT2D eigenvalue weighted by Crippen LogP contribution is -2.07. The van der Waals surface area contributed by atoms with E-state index in [1.54, 1.807) is 23.0 Å². The monoisotopic (exact) mass is 358 g/mol. The van der Waals surface area contributed by atoms with E-state index in [4.69, 9.17) is 0 Å². The summed E-state index contributed by atoms with van der Waals surface area (Å²) in [6, 6.07) is 6.20. The number of H-pyrrole nitrogens is 1. The first-order chi connectivity index (χ1) is 11.9. The first-order valence-corrected chi connectivity index (χ1v) is 9.43. The number of aryl methyl sites for hydroxylation is 1. The lowest BCUT2D eigenvalue weighted by molar-refractivity contribution is 0.0688. The van der Waals surface area contributed by atoms with Crippen molar-refractivity contribution in [2.45, 2.75) is 17.7 Å². The van der Waals surface area contributed by atoms with Crippen molar-refractivity contribution in [3.05, 3.63) is 47.4 Å². The zero-order valence-electron chi connectivity index (χ0n) is 13.2. The number of aromatic carboxylic acids is 1. The summed E-state index contributed by atoms with van der Waals surface area (Å²) in [6.07, 6.45) is 4.01. The summed E-state index contributed by atoms with van der Waals surface area (Å²) in [6.45, 7) is 0. The normalized spacial score (nSPS) is 13.3. The Labute approximate surface area is 143 Å². The van der Waals surface area contributed by atoms with Crippen molar-refractivity contribution < 1.29 is 18.3 Å². The van der Waals surface area contributed by atoms with Gasteiger partial charge in [0, 0.05) is 23.1 Å². The van der Waals surface area contributed by atoms with Gasteiger partial charge in [-0.2, -0.15) is 10.2 Å². The number of nitrogens with zero attached hydrogens (tertiary/aromatic N) is 3. The van der Waals surface area contributed by atoms with Crippen LogP contribution in [0.5, 0.6) is 0 Å². The minimum Gasteiger partial charge on any atom is -0.476 e. The molecule has 1 aromatic carbocycles. The van der Waals surface area contributed by atoms with Crippen LogP contribution in [0.3, 0.4) is 0 Å². The fraction of sp³-hybridized carbons (Fsp3) is 0.188. The van der Waals surface area contributed by atoms with Crippen molar-refractivity contribution in [2.75, 3.05) is 6.26 Å². The maximum Gasteiger partial charge on any atom is 0.356 e. The van der Waals surface area contributed by atoms with Crippen LogP contribution in [0, 0.1) is 0 Å². The standard InChI is InChI=1S/C16H14N4O4S/c1-25(23,24)10-4-2-9(3-5-10)20-15-11(14(19-20)16(21)22)6-7-13-12(15)8-17-18-13/h2-5,8H,6-7H2,1H3,(H,17,18)(H,21,22). The molecule has 0 bridgehead atoms. The van der Waals surface area contributed by atoms with Gasteiger partial charge < -0.3 is 5.11 Å². The lowest BCUT2D eigenvalue weighted by Gasteiger charge is -2.14. The highest BCUT2D eigenvalue weighted by molar-refractivity contribution is 7.90. The van der Waals surface area contributed by atoms with E-state index in [2.05, 4.69) is 15.3 Å². The third-order valence-electron chi connectivity index (χ3n) is 4.29. The summed E-state index contributed by atoms with van der Waals surface area (Å²) in [4.78, 5) is 11.8. The minimum atomic E-state index is -3.31. The molecule has 0 atom stereocenters. The second-order valence-corrected chi connectivity index (χ2v) is 7.94. The molecule has 8 nitrogen and oxygen atoms in total. The quantitative estimate of drug-likeness (QED) is 0.732. The molecule has 1 aliphatic rings. The van der Waals surface area contributed by atoms with E-state index in [-0.39, 0.29) is 10.6 Å². The molecule has 2 aromatic heterocycles. The summed E-state index contributed by atoms with van der Waals surface area (Å²) in [5.74, 6) is -1.09. The Morgan fingerprint density at radius 3 is 2.60 bits per heavy atom. The van der Waals surface area contributed by atoms with Crippen LogP contribution in [-0.2, 0) is 22.7 Å². The molecule has 2 N–H and O–H groups in total. The van der Waals surface area contributed by atoms with Crippen LogP contribution < -0.4 is 0 Å². The Morgan fingerprint density at radius 2 is 1.96 bits per heavy atom. The number of aromatic amines is 1. The van der Waals surface area contributed by atoms with Gasteiger partial charge in [-0.1, -0.05) is 0 Å². The summed E-state index contributed by atoms with van der Waals surface area (Å²) < 4.78 is 24.8. The van der Waals surface area contributed by atoms with Crippen LogP contribution >= 0.6 is 0 Å². The number of sulfone groups is 1. The molecule has 9 heteroatoms. The van der Waals surface area contributed by atoms with Crippen LogP contribution in [-0.4, -0.2) is 45.7 Å². The fourth-order valence-electron chi connectivity index (χ4n) is 3.11. The molecule has 0 unspecified atom stereocenters. The van der Waals surface area contributed by atoms with Gasteiger partial charge in [-0.3, -0.25) is 5.10 Å². The maximum atomic E-state index is 11.6. The molecule has 25 heavy (non-hydrogen) atoms. The van der Waals surface area contributed by atoms with E-state index in [1.807, 2.05) is 0 Å². The molecule has 0 saturated heterocycles. The Hall–Kier alpha value is -2.94. The largest absolute Gasteiger partial charge is 0.476 e. The molecule has 3 aromatic rings. The summed E-state index contributed by atoms with van der Waals surface area (Å²) in [7, 11) is -3.31. The van der Waals surface area contributed by atoms with E-state index in [1.165, 1.54) is 12.1 Å². The topological polar surface area (TPSA) is 118 Å². The van der Waals surface area contributed by atoms with Gasteiger partial charge in [0.15, 0.2) is 15.5 Å². The number of hydrogen-bond acceptors (Lipinski definition) is 5. The molecule has 0 amide bonds. The van der Waals surface area contributed by atoms with Gasteiger partial charge in [0.25, 0.3) is 0 Å². The van der Waals surface area contributed by atoms with Crippen LogP contribution in [0.25, 0.3) is 16.9 Å². The number of carboxylic acid groups (broad SMARTS) is 1. The van der Waals surface area contributed by atoms with Gasteiger partial charge in [-0.25, -0.2) is 17.9 Å². The van der Waals surface area contributed by atoms with E-state index in [9.17, 15) is 18.3 Å². The fourth-order valence-corrected chi connectivity index (χ4v) is 3.75. The van der Waals surface area contributed by atoms with Crippen molar-refractivity contribution in [1.82, 2.24) is 20.0 Å². The van der Waals surface area contributed by atoms with E-state index in [0.29, 0.717) is 29.8 Å². The second-order valence-electron chi connectivity index (χ2n) is 5.92. The number of fused-ring (bicyclic) bond motifs is 3. The molecule has 128 valence electrons. The number of benzene rings is 1. The van der Waals surface area contributed by atoms with Gasteiger partial charge in [0.1, 0.15) is 0 Å². The zero-order chi connectivity index (χ0) is 17.8. The predicted molar refractivity (Wildman–Crippen MR) is 88.6 cm³/mol. The van der Waals surface area contributed by atoms with Gasteiger partial charge in [0.2, 0.25) is 0 Å². The van der Waals surface area contributed by atoms with Crippen molar-refractivity contribution >= 4 is 15.8 Å². The molecule has 1 aliphatic carbocycles. The average Bonchev–Trinajstić information content (AvgIpc) is 3.18. The second kappa shape index (κ2) is 5.28. The first-order valence-electron chi connectivity index (χ1n) is 7.54. The van der Waals surface area contributed by atoms with Gasteiger partial charge in [-0.05, 0) is 37.1 Å². The number of nitrogens with one attached hydrogen (secondary N) is 1. The highest BCUT2D eigenvalue weighted by Gasteiger charge is 2.29. The number of rotatable bonds is 3. The van der Waals surface area contributed by atoms with Crippen LogP contribution in [0.4, 0.5) is 0 Å². The molecular weight excluding hydrogens is 344 g/mol. The smallest absolute Gasteiger partial charge is 0.356 e. The first kappa shape index (κ1) is 15.6. The highest BCUT2D eigenvalue weighted by Crippen LogP contribution is 2.36. The molecular formula is C16H14N4O4S. The number of aromatic nitrogens is 4. The zero-order valence-corrected chi connectivity index (χ0v) is 14.0. The molecule has 4 rings (SSSR count). The maximum absolute atomic E-state index is 11.6. The molecule has 2 heterocycles. The third-order valence-corrected chi connectivity index (χ3v) is 5.42.